The van der Waals surface area contributed by atoms with Gasteiger partial charge in [0.1, 0.15) is 5.75 Å². The van der Waals surface area contributed by atoms with E-state index in [1.807, 2.05) is 6.07 Å². The van der Waals surface area contributed by atoms with E-state index in [2.05, 4.69) is 96.9 Å². The molecule has 0 aliphatic carbocycles. The van der Waals surface area contributed by atoms with Gasteiger partial charge in [0.25, 0.3) is 0 Å². The molecule has 0 bridgehead atoms. The van der Waals surface area contributed by atoms with Gasteiger partial charge >= 0.3 is 0 Å². The second-order valence-corrected chi connectivity index (χ2v) is 8.13. The molecule has 4 aromatic carbocycles. The van der Waals surface area contributed by atoms with Crippen LogP contribution in [0.5, 0.6) is 5.75 Å². The highest BCUT2D eigenvalue weighted by Crippen LogP contribution is 2.47. The van der Waals surface area contributed by atoms with Crippen molar-refractivity contribution in [2.75, 3.05) is 0 Å². The summed E-state index contributed by atoms with van der Waals surface area (Å²) in [7, 11) is 0. The fraction of sp³-hybridized carbons (Fsp3) is 0.148. The lowest BCUT2D eigenvalue weighted by atomic mass is 9.95. The van der Waals surface area contributed by atoms with E-state index >= 15 is 0 Å². The van der Waals surface area contributed by atoms with Gasteiger partial charge in [-0.2, -0.15) is 5.10 Å². The predicted molar refractivity (Wildman–Crippen MR) is 121 cm³/mol. The molecule has 6 rings (SSSR count). The molecule has 3 nitrogen and oxygen atoms in total. The molecule has 0 saturated carbocycles. The Morgan fingerprint density at radius 3 is 2.47 bits per heavy atom. The number of benzene rings is 4. The van der Waals surface area contributed by atoms with Gasteiger partial charge in [-0.05, 0) is 35.4 Å². The van der Waals surface area contributed by atoms with Gasteiger partial charge in [0.2, 0.25) is 6.23 Å². The van der Waals surface area contributed by atoms with E-state index in [4.69, 9.17) is 9.84 Å². The molecule has 30 heavy (non-hydrogen) atoms. The van der Waals surface area contributed by atoms with Crippen LogP contribution in [-0.2, 0) is 0 Å². The first kappa shape index (κ1) is 17.3. The molecule has 0 fully saturated rings. The lowest BCUT2D eigenvalue weighted by Crippen LogP contribution is -2.33. The van der Waals surface area contributed by atoms with Gasteiger partial charge < -0.3 is 4.74 Å². The SMILES string of the molecule is Cc1ccc([C@H]2Oc3ccccc3[C@@H]3CC(c4ccc5ccccc5c4)=NN23)cc1. The van der Waals surface area contributed by atoms with Crippen molar-refractivity contribution in [3.63, 3.8) is 0 Å². The molecule has 3 heteroatoms. The standard InChI is InChI=1S/C27H22N2O/c1-18-10-12-20(13-11-18)27-29-25(23-8-4-5-9-26(23)30-27)17-24(28-29)22-15-14-19-6-2-3-7-21(19)16-22/h2-16,25,27H,17H2,1H3/t25-,27+/m0/s1. The third-order valence-corrected chi connectivity index (χ3v) is 6.14. The maximum Gasteiger partial charge on any atom is 0.213 e. The van der Waals surface area contributed by atoms with Gasteiger partial charge in [0.15, 0.2) is 0 Å². The normalized spacial score (nSPS) is 19.8. The van der Waals surface area contributed by atoms with Gasteiger partial charge in [-0.3, -0.25) is 0 Å². The quantitative estimate of drug-likeness (QED) is 0.396. The van der Waals surface area contributed by atoms with Gasteiger partial charge in [-0.15, -0.1) is 0 Å². The molecule has 2 aliphatic heterocycles. The van der Waals surface area contributed by atoms with E-state index in [1.54, 1.807) is 0 Å². The summed E-state index contributed by atoms with van der Waals surface area (Å²) < 4.78 is 6.45. The second kappa shape index (κ2) is 6.74. The molecule has 0 amide bonds. The van der Waals surface area contributed by atoms with E-state index in [9.17, 15) is 0 Å². The van der Waals surface area contributed by atoms with Crippen molar-refractivity contribution in [1.29, 1.82) is 0 Å². The summed E-state index contributed by atoms with van der Waals surface area (Å²) in [5, 5.41) is 9.74. The van der Waals surface area contributed by atoms with Crippen molar-refractivity contribution in [3.05, 3.63) is 113 Å². The van der Waals surface area contributed by atoms with Crippen LogP contribution < -0.4 is 4.74 Å². The molecular formula is C27H22N2O. The maximum absolute atomic E-state index is 6.45. The Morgan fingerprint density at radius 1 is 0.833 bits per heavy atom. The number of hydrazone groups is 1. The summed E-state index contributed by atoms with van der Waals surface area (Å²) in [5.41, 5.74) is 5.88. The molecular weight excluding hydrogens is 368 g/mol. The average molecular weight is 390 g/mol. The fourth-order valence-corrected chi connectivity index (χ4v) is 4.53. The zero-order valence-electron chi connectivity index (χ0n) is 16.8. The number of fused-ring (bicyclic) bond motifs is 4. The van der Waals surface area contributed by atoms with Gasteiger partial charge in [0.05, 0.1) is 11.8 Å². The van der Waals surface area contributed by atoms with Crippen LogP contribution in [0.25, 0.3) is 10.8 Å². The van der Waals surface area contributed by atoms with E-state index in [-0.39, 0.29) is 12.3 Å². The average Bonchev–Trinajstić information content (AvgIpc) is 3.25. The molecule has 2 heterocycles. The van der Waals surface area contributed by atoms with Crippen molar-refractivity contribution in [3.8, 4) is 5.75 Å². The molecule has 0 spiro atoms. The molecule has 0 radical (unpaired) electrons. The lowest BCUT2D eigenvalue weighted by Gasteiger charge is -2.38. The van der Waals surface area contributed by atoms with Crippen molar-refractivity contribution in [2.45, 2.75) is 25.6 Å². The number of nitrogens with zero attached hydrogens (tertiary/aromatic N) is 2. The lowest BCUT2D eigenvalue weighted by molar-refractivity contribution is -0.0190. The molecule has 146 valence electrons. The van der Waals surface area contributed by atoms with Crippen LogP contribution in [0.15, 0.2) is 96.1 Å². The highest BCUT2D eigenvalue weighted by atomic mass is 16.5. The third kappa shape index (κ3) is 2.78. The molecule has 0 unspecified atom stereocenters. The Balaban J connectivity index is 1.44. The summed E-state index contributed by atoms with van der Waals surface area (Å²) in [4.78, 5) is 0. The van der Waals surface area contributed by atoms with Crippen LogP contribution in [0.3, 0.4) is 0 Å². The fourth-order valence-electron chi connectivity index (χ4n) is 4.53. The van der Waals surface area contributed by atoms with Crippen molar-refractivity contribution < 1.29 is 4.74 Å². The summed E-state index contributed by atoms with van der Waals surface area (Å²) in [5.74, 6) is 0.958. The van der Waals surface area contributed by atoms with E-state index < -0.39 is 0 Å². The minimum atomic E-state index is -0.219. The highest BCUT2D eigenvalue weighted by molar-refractivity contribution is 6.04. The number of hydrogen-bond donors (Lipinski definition) is 0. The Hall–Kier alpha value is -3.59. The number of rotatable bonds is 2. The molecule has 4 aromatic rings. The Kier molecular flexibility index (Phi) is 3.88. The topological polar surface area (TPSA) is 24.8 Å². The molecule has 0 aromatic heterocycles. The van der Waals surface area contributed by atoms with Crippen LogP contribution >= 0.6 is 0 Å². The Morgan fingerprint density at radius 2 is 1.60 bits per heavy atom. The molecule has 2 atom stereocenters. The van der Waals surface area contributed by atoms with Gasteiger partial charge in [0, 0.05) is 17.5 Å². The number of hydrogen-bond acceptors (Lipinski definition) is 3. The van der Waals surface area contributed by atoms with E-state index in [0.717, 1.165) is 23.4 Å². The third-order valence-electron chi connectivity index (χ3n) is 6.14. The van der Waals surface area contributed by atoms with E-state index in [1.165, 1.54) is 27.5 Å². The number of para-hydroxylation sites is 1. The second-order valence-electron chi connectivity index (χ2n) is 8.13. The predicted octanol–water partition coefficient (Wildman–Crippen LogP) is 6.39. The minimum Gasteiger partial charge on any atom is -0.464 e. The van der Waals surface area contributed by atoms with Crippen molar-refractivity contribution >= 4 is 16.5 Å². The number of ether oxygens (including phenoxy) is 1. The highest BCUT2D eigenvalue weighted by Gasteiger charge is 2.40. The summed E-state index contributed by atoms with van der Waals surface area (Å²) in [6.07, 6.45) is 0.657. The van der Waals surface area contributed by atoms with Crippen LogP contribution in [0.1, 0.15) is 40.9 Å². The van der Waals surface area contributed by atoms with Crippen LogP contribution in [-0.4, -0.2) is 10.7 Å². The molecule has 0 N–H and O–H groups in total. The van der Waals surface area contributed by atoms with E-state index in [0.29, 0.717) is 0 Å². The van der Waals surface area contributed by atoms with Gasteiger partial charge in [-0.25, -0.2) is 5.01 Å². The zero-order chi connectivity index (χ0) is 20.1. The van der Waals surface area contributed by atoms with Crippen molar-refractivity contribution in [2.24, 2.45) is 5.10 Å². The summed E-state index contributed by atoms with van der Waals surface area (Å²) in [6.45, 7) is 2.11. The monoisotopic (exact) mass is 390 g/mol. The van der Waals surface area contributed by atoms with Gasteiger partial charge in [-0.1, -0.05) is 84.4 Å². The first-order chi connectivity index (χ1) is 14.8. The summed E-state index contributed by atoms with van der Waals surface area (Å²) >= 11 is 0. The first-order valence-electron chi connectivity index (χ1n) is 10.4. The first-order valence-corrected chi connectivity index (χ1v) is 10.4. The zero-order valence-corrected chi connectivity index (χ0v) is 16.8. The Bertz CT molecular complexity index is 1280. The van der Waals surface area contributed by atoms with Crippen LogP contribution in [0.4, 0.5) is 0 Å². The Labute approximate surface area is 176 Å². The minimum absolute atomic E-state index is 0.183. The maximum atomic E-state index is 6.45. The molecule has 0 saturated heterocycles. The largest absolute Gasteiger partial charge is 0.464 e. The summed E-state index contributed by atoms with van der Waals surface area (Å²) in [6, 6.07) is 32.2. The molecule has 2 aliphatic rings. The smallest absolute Gasteiger partial charge is 0.213 e. The van der Waals surface area contributed by atoms with Crippen LogP contribution in [0.2, 0.25) is 0 Å². The van der Waals surface area contributed by atoms with Crippen molar-refractivity contribution in [1.82, 2.24) is 5.01 Å². The number of aryl methyl sites for hydroxylation is 1. The van der Waals surface area contributed by atoms with Crippen LogP contribution in [0, 0.1) is 6.92 Å².